The standard InChI is InChI=1S/C23H30Cl2N2O/c1-3-4-12-26-23(28)20-14-22(19-11-10-18(24)13-21(19)25)27(16(20)2)15-17-8-6-5-7-9-17/h10-11,13-14,17H,3-9,12,15H2,1-2H3,(H,26,28). The lowest BCUT2D eigenvalue weighted by Gasteiger charge is -2.24. The first-order valence-corrected chi connectivity index (χ1v) is 11.2. The first kappa shape index (κ1) is 21.3. The largest absolute Gasteiger partial charge is 0.352 e. The summed E-state index contributed by atoms with van der Waals surface area (Å²) in [5, 5.41) is 4.29. The van der Waals surface area contributed by atoms with Crippen LogP contribution >= 0.6 is 23.2 Å². The molecule has 28 heavy (non-hydrogen) atoms. The first-order valence-electron chi connectivity index (χ1n) is 10.4. The van der Waals surface area contributed by atoms with Gasteiger partial charge in [-0.25, -0.2) is 0 Å². The molecule has 1 heterocycles. The van der Waals surface area contributed by atoms with E-state index in [0.29, 0.717) is 22.5 Å². The van der Waals surface area contributed by atoms with Crippen molar-refractivity contribution in [3.8, 4) is 11.3 Å². The average molecular weight is 421 g/mol. The molecule has 0 bridgehead atoms. The topological polar surface area (TPSA) is 34.0 Å². The minimum absolute atomic E-state index is 0.000296. The molecule has 3 nitrogen and oxygen atoms in total. The van der Waals surface area contributed by atoms with Crippen LogP contribution in [0.2, 0.25) is 10.0 Å². The maximum atomic E-state index is 12.8. The molecule has 1 saturated carbocycles. The third kappa shape index (κ3) is 4.93. The van der Waals surface area contributed by atoms with Crippen LogP contribution in [0.25, 0.3) is 11.3 Å². The fraction of sp³-hybridized carbons (Fsp3) is 0.522. The van der Waals surface area contributed by atoms with Crippen molar-refractivity contribution >= 4 is 29.1 Å². The maximum Gasteiger partial charge on any atom is 0.253 e. The van der Waals surface area contributed by atoms with Gasteiger partial charge in [0.05, 0.1) is 16.3 Å². The molecule has 0 aliphatic heterocycles. The third-order valence-electron chi connectivity index (χ3n) is 5.80. The van der Waals surface area contributed by atoms with Crippen LogP contribution in [-0.4, -0.2) is 17.0 Å². The number of unbranched alkanes of at least 4 members (excludes halogenated alkanes) is 1. The van der Waals surface area contributed by atoms with Crippen LogP contribution in [0.1, 0.15) is 67.9 Å². The number of benzene rings is 1. The van der Waals surface area contributed by atoms with E-state index in [0.717, 1.165) is 41.9 Å². The second-order valence-corrected chi connectivity index (χ2v) is 8.72. The number of carbonyl (C=O) groups is 1. The van der Waals surface area contributed by atoms with E-state index in [-0.39, 0.29) is 5.91 Å². The van der Waals surface area contributed by atoms with Gasteiger partial charge in [0.25, 0.3) is 5.91 Å². The Morgan fingerprint density at radius 3 is 2.61 bits per heavy atom. The van der Waals surface area contributed by atoms with E-state index >= 15 is 0 Å². The minimum atomic E-state index is -0.000296. The quantitative estimate of drug-likeness (QED) is 0.486. The predicted octanol–water partition coefficient (Wildman–Crippen LogP) is 6.88. The Morgan fingerprint density at radius 2 is 1.93 bits per heavy atom. The van der Waals surface area contributed by atoms with Crippen molar-refractivity contribution < 1.29 is 4.79 Å². The van der Waals surface area contributed by atoms with Gasteiger partial charge in [0, 0.05) is 29.4 Å². The molecule has 2 aromatic rings. The summed E-state index contributed by atoms with van der Waals surface area (Å²) in [6, 6.07) is 7.58. The van der Waals surface area contributed by atoms with Gasteiger partial charge in [-0.2, -0.15) is 0 Å². The van der Waals surface area contributed by atoms with Crippen LogP contribution in [-0.2, 0) is 6.54 Å². The maximum absolute atomic E-state index is 12.8. The van der Waals surface area contributed by atoms with Gasteiger partial charge in [-0.1, -0.05) is 55.8 Å². The molecule has 1 aliphatic rings. The normalized spacial score (nSPS) is 15.0. The van der Waals surface area contributed by atoms with E-state index in [1.165, 1.54) is 32.1 Å². The highest BCUT2D eigenvalue weighted by molar-refractivity contribution is 6.36. The van der Waals surface area contributed by atoms with Crippen LogP contribution in [0.5, 0.6) is 0 Å². The van der Waals surface area contributed by atoms with Gasteiger partial charge in [-0.15, -0.1) is 0 Å². The third-order valence-corrected chi connectivity index (χ3v) is 6.35. The summed E-state index contributed by atoms with van der Waals surface area (Å²) in [5.41, 5.74) is 3.69. The van der Waals surface area contributed by atoms with Crippen LogP contribution in [0.15, 0.2) is 24.3 Å². The number of aromatic nitrogens is 1. The van der Waals surface area contributed by atoms with Crippen LogP contribution in [0, 0.1) is 12.8 Å². The average Bonchev–Trinajstić information content (AvgIpc) is 2.99. The highest BCUT2D eigenvalue weighted by Gasteiger charge is 2.23. The zero-order chi connectivity index (χ0) is 20.1. The highest BCUT2D eigenvalue weighted by Crippen LogP contribution is 2.35. The van der Waals surface area contributed by atoms with Gasteiger partial charge in [-0.05, 0) is 56.4 Å². The molecule has 0 unspecified atom stereocenters. The molecule has 1 aliphatic carbocycles. The summed E-state index contributed by atoms with van der Waals surface area (Å²) in [4.78, 5) is 12.8. The van der Waals surface area contributed by atoms with Crippen molar-refractivity contribution in [1.82, 2.24) is 9.88 Å². The number of halogens is 2. The van der Waals surface area contributed by atoms with Crippen LogP contribution in [0.3, 0.4) is 0 Å². The van der Waals surface area contributed by atoms with E-state index in [1.807, 2.05) is 25.1 Å². The van der Waals surface area contributed by atoms with Gasteiger partial charge >= 0.3 is 0 Å². The van der Waals surface area contributed by atoms with Crippen molar-refractivity contribution in [2.75, 3.05) is 6.54 Å². The van der Waals surface area contributed by atoms with E-state index in [1.54, 1.807) is 6.07 Å². The van der Waals surface area contributed by atoms with Crippen molar-refractivity contribution in [3.63, 3.8) is 0 Å². The fourth-order valence-electron chi connectivity index (χ4n) is 4.13. The molecule has 0 spiro atoms. The lowest BCUT2D eigenvalue weighted by molar-refractivity contribution is 0.0952. The number of nitrogens with one attached hydrogen (secondary N) is 1. The summed E-state index contributed by atoms with van der Waals surface area (Å²) < 4.78 is 2.29. The van der Waals surface area contributed by atoms with Gasteiger partial charge < -0.3 is 9.88 Å². The molecular weight excluding hydrogens is 391 g/mol. The summed E-state index contributed by atoms with van der Waals surface area (Å²) in [6.07, 6.45) is 8.49. The van der Waals surface area contributed by atoms with E-state index in [4.69, 9.17) is 23.2 Å². The first-order chi connectivity index (χ1) is 13.5. The summed E-state index contributed by atoms with van der Waals surface area (Å²) in [5.74, 6) is 0.653. The Balaban J connectivity index is 1.97. The number of hydrogen-bond acceptors (Lipinski definition) is 1. The number of rotatable bonds is 7. The Bertz CT molecular complexity index is 822. The van der Waals surface area contributed by atoms with Crippen molar-refractivity contribution in [2.45, 2.75) is 65.3 Å². The minimum Gasteiger partial charge on any atom is -0.352 e. The van der Waals surface area contributed by atoms with Gasteiger partial charge in [0.1, 0.15) is 0 Å². The Labute approximate surface area is 178 Å². The van der Waals surface area contributed by atoms with Gasteiger partial charge in [0.15, 0.2) is 0 Å². The monoisotopic (exact) mass is 420 g/mol. The lowest BCUT2D eigenvalue weighted by atomic mass is 9.89. The fourth-order valence-corrected chi connectivity index (χ4v) is 4.64. The SMILES string of the molecule is CCCCNC(=O)c1cc(-c2ccc(Cl)cc2Cl)n(CC2CCCCC2)c1C. The molecule has 1 aromatic heterocycles. The van der Waals surface area contributed by atoms with Crippen molar-refractivity contribution in [3.05, 3.63) is 45.6 Å². The zero-order valence-corrected chi connectivity index (χ0v) is 18.4. The van der Waals surface area contributed by atoms with Gasteiger partial charge in [0.2, 0.25) is 0 Å². The molecule has 1 amide bonds. The number of nitrogens with zero attached hydrogens (tertiary/aromatic N) is 1. The van der Waals surface area contributed by atoms with Gasteiger partial charge in [-0.3, -0.25) is 4.79 Å². The van der Waals surface area contributed by atoms with Crippen molar-refractivity contribution in [2.24, 2.45) is 5.92 Å². The van der Waals surface area contributed by atoms with Crippen LogP contribution in [0.4, 0.5) is 0 Å². The molecule has 1 aromatic carbocycles. The molecular formula is C23H30Cl2N2O. The molecule has 1 fully saturated rings. The summed E-state index contributed by atoms with van der Waals surface area (Å²) in [7, 11) is 0. The Kier molecular flexibility index (Phi) is 7.48. The summed E-state index contributed by atoms with van der Waals surface area (Å²) in [6.45, 7) is 5.81. The zero-order valence-electron chi connectivity index (χ0n) is 16.9. The number of carbonyl (C=O) groups excluding carboxylic acids is 1. The molecule has 3 rings (SSSR count). The molecule has 5 heteroatoms. The number of amides is 1. The molecule has 1 N–H and O–H groups in total. The molecule has 0 atom stereocenters. The highest BCUT2D eigenvalue weighted by atomic mass is 35.5. The molecule has 152 valence electrons. The summed E-state index contributed by atoms with van der Waals surface area (Å²) >= 11 is 12.6. The lowest BCUT2D eigenvalue weighted by Crippen LogP contribution is -2.25. The van der Waals surface area contributed by atoms with Crippen LogP contribution < -0.4 is 5.32 Å². The number of hydrogen-bond donors (Lipinski definition) is 1. The Morgan fingerprint density at radius 1 is 1.18 bits per heavy atom. The van der Waals surface area contributed by atoms with E-state index in [9.17, 15) is 4.79 Å². The second kappa shape index (κ2) is 9.84. The molecule has 0 radical (unpaired) electrons. The second-order valence-electron chi connectivity index (χ2n) is 7.88. The van der Waals surface area contributed by atoms with Crippen molar-refractivity contribution in [1.29, 1.82) is 0 Å². The smallest absolute Gasteiger partial charge is 0.253 e. The predicted molar refractivity (Wildman–Crippen MR) is 118 cm³/mol. The molecule has 0 saturated heterocycles. The Hall–Kier alpha value is -1.45. The van der Waals surface area contributed by atoms with E-state index in [2.05, 4.69) is 16.8 Å². The van der Waals surface area contributed by atoms with E-state index < -0.39 is 0 Å².